The van der Waals surface area contributed by atoms with Crippen molar-refractivity contribution < 1.29 is 9.53 Å². The molecule has 0 amide bonds. The second-order valence-electron chi connectivity index (χ2n) is 3.28. The van der Waals surface area contributed by atoms with Gasteiger partial charge in [0.1, 0.15) is 0 Å². The number of hydrogen-bond donors (Lipinski definition) is 0. The Bertz CT molecular complexity index is 196. The fourth-order valence-corrected chi connectivity index (χ4v) is 1.65. The van der Waals surface area contributed by atoms with Gasteiger partial charge in [0.05, 0.1) is 7.11 Å². The summed E-state index contributed by atoms with van der Waals surface area (Å²) in [5, 5.41) is 0. The lowest BCUT2D eigenvalue weighted by atomic mass is 9.91. The first-order chi connectivity index (χ1) is 5.75. The molecule has 1 aliphatic rings. The van der Waals surface area contributed by atoms with E-state index in [0.29, 0.717) is 0 Å². The van der Waals surface area contributed by atoms with E-state index in [-0.39, 0.29) is 5.97 Å². The Morgan fingerprint density at radius 1 is 1.25 bits per heavy atom. The third-order valence-electron chi connectivity index (χ3n) is 2.48. The summed E-state index contributed by atoms with van der Waals surface area (Å²) in [6.07, 6.45) is 5.92. The van der Waals surface area contributed by atoms with E-state index in [0.717, 1.165) is 18.4 Å². The van der Waals surface area contributed by atoms with Crippen LogP contribution in [0.3, 0.4) is 0 Å². The maximum atomic E-state index is 11.1. The lowest BCUT2D eigenvalue weighted by Crippen LogP contribution is -2.07. The fraction of sp³-hybridized carbons (Fsp3) is 0.700. The van der Waals surface area contributed by atoms with Gasteiger partial charge in [-0.15, -0.1) is 0 Å². The highest BCUT2D eigenvalue weighted by atomic mass is 16.5. The van der Waals surface area contributed by atoms with Crippen LogP contribution in [0.5, 0.6) is 0 Å². The Hall–Kier alpha value is -0.790. The highest BCUT2D eigenvalue weighted by Crippen LogP contribution is 2.25. The van der Waals surface area contributed by atoms with Crippen LogP contribution in [0.15, 0.2) is 11.1 Å². The van der Waals surface area contributed by atoms with Crippen LogP contribution in [0.1, 0.15) is 39.0 Å². The summed E-state index contributed by atoms with van der Waals surface area (Å²) >= 11 is 0. The van der Waals surface area contributed by atoms with Crippen LogP contribution >= 0.6 is 0 Å². The number of hydrogen-bond acceptors (Lipinski definition) is 2. The number of allylic oxidation sites excluding steroid dienone is 1. The predicted molar refractivity (Wildman–Crippen MR) is 47.8 cm³/mol. The van der Waals surface area contributed by atoms with Crippen molar-refractivity contribution in [3.8, 4) is 0 Å². The summed E-state index contributed by atoms with van der Waals surface area (Å²) in [6.45, 7) is 1.87. The summed E-state index contributed by atoms with van der Waals surface area (Å²) < 4.78 is 4.67. The van der Waals surface area contributed by atoms with Crippen molar-refractivity contribution in [3.63, 3.8) is 0 Å². The molecular weight excluding hydrogens is 152 g/mol. The smallest absolute Gasteiger partial charge is 0.333 e. The average molecular weight is 168 g/mol. The van der Waals surface area contributed by atoms with E-state index in [1.54, 1.807) is 0 Å². The lowest BCUT2D eigenvalue weighted by molar-refractivity contribution is -0.136. The molecule has 0 atom stereocenters. The van der Waals surface area contributed by atoms with E-state index in [1.165, 1.54) is 31.9 Å². The van der Waals surface area contributed by atoms with Gasteiger partial charge in [-0.05, 0) is 32.6 Å². The van der Waals surface area contributed by atoms with Crippen molar-refractivity contribution >= 4 is 5.97 Å². The molecule has 0 bridgehead atoms. The number of rotatable bonds is 1. The first kappa shape index (κ1) is 9.30. The molecule has 68 valence electrons. The van der Waals surface area contributed by atoms with Gasteiger partial charge in [-0.3, -0.25) is 0 Å². The second-order valence-corrected chi connectivity index (χ2v) is 3.28. The minimum Gasteiger partial charge on any atom is -0.466 e. The van der Waals surface area contributed by atoms with Crippen molar-refractivity contribution in [2.75, 3.05) is 7.11 Å². The van der Waals surface area contributed by atoms with Gasteiger partial charge in [-0.1, -0.05) is 12.0 Å². The normalized spacial score (nSPS) is 17.3. The Morgan fingerprint density at radius 3 is 2.33 bits per heavy atom. The topological polar surface area (TPSA) is 26.3 Å². The average Bonchev–Trinajstić information content (AvgIpc) is 2.17. The molecule has 0 spiro atoms. The zero-order valence-electron chi connectivity index (χ0n) is 7.85. The molecule has 2 nitrogen and oxygen atoms in total. The molecule has 0 saturated heterocycles. The molecule has 0 aromatic heterocycles. The first-order valence-electron chi connectivity index (χ1n) is 4.52. The highest BCUT2D eigenvalue weighted by Gasteiger charge is 2.13. The minimum absolute atomic E-state index is 0.160. The Balaban J connectivity index is 2.66. The summed E-state index contributed by atoms with van der Waals surface area (Å²) in [4.78, 5) is 11.1. The van der Waals surface area contributed by atoms with Crippen LogP contribution in [0, 0.1) is 0 Å². The van der Waals surface area contributed by atoms with E-state index >= 15 is 0 Å². The highest BCUT2D eigenvalue weighted by molar-refractivity contribution is 5.88. The molecule has 0 aliphatic heterocycles. The van der Waals surface area contributed by atoms with Crippen LogP contribution in [0.2, 0.25) is 0 Å². The Morgan fingerprint density at radius 2 is 1.83 bits per heavy atom. The molecule has 0 heterocycles. The first-order valence-corrected chi connectivity index (χ1v) is 4.52. The van der Waals surface area contributed by atoms with Crippen molar-refractivity contribution in [1.29, 1.82) is 0 Å². The molecule has 1 rings (SSSR count). The summed E-state index contributed by atoms with van der Waals surface area (Å²) in [6, 6.07) is 0. The maximum absolute atomic E-state index is 11.1. The molecule has 0 radical (unpaired) electrons. The standard InChI is InChI=1S/C10H16O2/c1-8(10(11)12-2)9-6-4-3-5-7-9/h3-7H2,1-2H3. The summed E-state index contributed by atoms with van der Waals surface area (Å²) in [5.74, 6) is -0.160. The van der Waals surface area contributed by atoms with Crippen molar-refractivity contribution in [3.05, 3.63) is 11.1 Å². The molecule has 1 fully saturated rings. The van der Waals surface area contributed by atoms with E-state index in [4.69, 9.17) is 0 Å². The Labute approximate surface area is 73.6 Å². The largest absolute Gasteiger partial charge is 0.466 e. The van der Waals surface area contributed by atoms with E-state index in [2.05, 4.69) is 4.74 Å². The van der Waals surface area contributed by atoms with Crippen molar-refractivity contribution in [1.82, 2.24) is 0 Å². The lowest BCUT2D eigenvalue weighted by Gasteiger charge is -2.15. The molecular formula is C10H16O2. The van der Waals surface area contributed by atoms with Gasteiger partial charge in [0.25, 0.3) is 0 Å². The van der Waals surface area contributed by atoms with E-state index in [9.17, 15) is 4.79 Å². The van der Waals surface area contributed by atoms with Gasteiger partial charge in [-0.2, -0.15) is 0 Å². The number of methoxy groups -OCH3 is 1. The zero-order valence-corrected chi connectivity index (χ0v) is 7.85. The van der Waals surface area contributed by atoms with Crippen molar-refractivity contribution in [2.24, 2.45) is 0 Å². The van der Waals surface area contributed by atoms with Crippen LogP contribution in [-0.4, -0.2) is 13.1 Å². The molecule has 12 heavy (non-hydrogen) atoms. The predicted octanol–water partition coefficient (Wildman–Crippen LogP) is 2.44. The van der Waals surface area contributed by atoms with Crippen LogP contribution < -0.4 is 0 Å². The maximum Gasteiger partial charge on any atom is 0.333 e. The summed E-state index contributed by atoms with van der Waals surface area (Å²) in [7, 11) is 1.44. The quantitative estimate of drug-likeness (QED) is 0.444. The monoisotopic (exact) mass is 168 g/mol. The molecule has 1 aliphatic carbocycles. The number of carbonyl (C=O) groups excluding carboxylic acids is 1. The SMILES string of the molecule is COC(=O)C(C)=C1CCCCC1. The van der Waals surface area contributed by atoms with Crippen LogP contribution in [-0.2, 0) is 9.53 Å². The summed E-state index contributed by atoms with van der Waals surface area (Å²) in [5.41, 5.74) is 2.13. The zero-order chi connectivity index (χ0) is 8.97. The Kier molecular flexibility index (Phi) is 3.32. The molecule has 1 saturated carbocycles. The van der Waals surface area contributed by atoms with E-state index < -0.39 is 0 Å². The number of ether oxygens (including phenoxy) is 1. The van der Waals surface area contributed by atoms with Crippen LogP contribution in [0.4, 0.5) is 0 Å². The van der Waals surface area contributed by atoms with Gasteiger partial charge in [0, 0.05) is 5.57 Å². The van der Waals surface area contributed by atoms with Gasteiger partial charge in [-0.25, -0.2) is 4.79 Å². The molecule has 0 N–H and O–H groups in total. The molecule has 2 heteroatoms. The van der Waals surface area contributed by atoms with E-state index in [1.807, 2.05) is 6.92 Å². The molecule has 0 aromatic carbocycles. The third kappa shape index (κ3) is 2.10. The third-order valence-corrected chi connectivity index (χ3v) is 2.48. The van der Waals surface area contributed by atoms with Crippen molar-refractivity contribution in [2.45, 2.75) is 39.0 Å². The number of carbonyl (C=O) groups is 1. The second kappa shape index (κ2) is 4.29. The fourth-order valence-electron chi connectivity index (χ4n) is 1.65. The van der Waals surface area contributed by atoms with Crippen LogP contribution in [0.25, 0.3) is 0 Å². The molecule has 0 aromatic rings. The minimum atomic E-state index is -0.160. The van der Waals surface area contributed by atoms with Gasteiger partial charge in [0.15, 0.2) is 0 Å². The van der Waals surface area contributed by atoms with Gasteiger partial charge in [0.2, 0.25) is 0 Å². The van der Waals surface area contributed by atoms with Gasteiger partial charge < -0.3 is 4.74 Å². The number of esters is 1. The molecule has 0 unspecified atom stereocenters. The van der Waals surface area contributed by atoms with Gasteiger partial charge >= 0.3 is 5.97 Å².